The molecule has 3 heterocycles. The molecule has 2 aromatic heterocycles. The minimum absolute atomic E-state index is 0.00963. The first-order valence-electron chi connectivity index (χ1n) is 7.26. The quantitative estimate of drug-likeness (QED) is 0.776. The van der Waals surface area contributed by atoms with Gasteiger partial charge in [-0.3, -0.25) is 9.78 Å². The van der Waals surface area contributed by atoms with Crippen LogP contribution >= 0.6 is 0 Å². The second kappa shape index (κ2) is 4.31. The Morgan fingerprint density at radius 1 is 1.45 bits per heavy atom. The highest BCUT2D eigenvalue weighted by atomic mass is 16.1. The number of hydrogen-bond acceptors (Lipinski definition) is 3. The molecule has 4 rings (SSSR count). The Labute approximate surface area is 117 Å². The number of rotatable bonds is 2. The molecule has 0 aromatic carbocycles. The third kappa shape index (κ3) is 1.73. The van der Waals surface area contributed by atoms with Gasteiger partial charge in [-0.15, -0.1) is 0 Å². The number of amides is 1. The first-order valence-corrected chi connectivity index (χ1v) is 7.26. The maximum Gasteiger partial charge on any atom is 0.253 e. The molecule has 1 saturated heterocycles. The molecular formula is C15H18N4O. The Hall–Kier alpha value is -1.88. The van der Waals surface area contributed by atoms with Gasteiger partial charge in [0.2, 0.25) is 0 Å². The molecule has 1 aliphatic carbocycles. The van der Waals surface area contributed by atoms with Gasteiger partial charge in [0.15, 0.2) is 0 Å². The Morgan fingerprint density at radius 2 is 2.40 bits per heavy atom. The molecule has 1 aliphatic heterocycles. The number of H-pyrrole nitrogens is 1. The van der Waals surface area contributed by atoms with Gasteiger partial charge in [-0.2, -0.15) is 0 Å². The minimum atomic E-state index is -0.0399. The van der Waals surface area contributed by atoms with Crippen molar-refractivity contribution < 1.29 is 4.79 Å². The van der Waals surface area contributed by atoms with Crippen LogP contribution in [0.3, 0.4) is 0 Å². The van der Waals surface area contributed by atoms with E-state index in [1.165, 1.54) is 6.42 Å². The maximum atomic E-state index is 12.5. The van der Waals surface area contributed by atoms with Gasteiger partial charge in [0, 0.05) is 18.4 Å². The topological polar surface area (TPSA) is 69.8 Å². The summed E-state index contributed by atoms with van der Waals surface area (Å²) in [5, 5.41) is 6.78. The minimum Gasteiger partial charge on any atom is -0.360 e. The number of carbonyl (C=O) groups excluding carboxylic acids is 1. The van der Waals surface area contributed by atoms with Gasteiger partial charge in [0.1, 0.15) is 0 Å². The van der Waals surface area contributed by atoms with Gasteiger partial charge >= 0.3 is 0 Å². The van der Waals surface area contributed by atoms with Crippen molar-refractivity contribution in [2.75, 3.05) is 6.54 Å². The molecule has 5 heteroatoms. The summed E-state index contributed by atoms with van der Waals surface area (Å²) in [4.78, 5) is 19.9. The summed E-state index contributed by atoms with van der Waals surface area (Å²) in [6, 6.07) is 4.22. The maximum absolute atomic E-state index is 12.5. The van der Waals surface area contributed by atoms with Gasteiger partial charge in [0.25, 0.3) is 5.91 Å². The van der Waals surface area contributed by atoms with E-state index in [1.54, 1.807) is 6.20 Å². The highest BCUT2D eigenvalue weighted by Gasteiger charge is 2.47. The molecule has 1 saturated carbocycles. The first kappa shape index (κ1) is 11.9. The fourth-order valence-electron chi connectivity index (χ4n) is 3.71. The molecule has 0 spiro atoms. The van der Waals surface area contributed by atoms with Crippen LogP contribution in [0.25, 0.3) is 11.0 Å². The molecule has 104 valence electrons. The smallest absolute Gasteiger partial charge is 0.253 e. The molecule has 0 bridgehead atoms. The van der Waals surface area contributed by atoms with Crippen LogP contribution in [0.15, 0.2) is 24.5 Å². The van der Waals surface area contributed by atoms with Crippen LogP contribution in [0.4, 0.5) is 0 Å². The summed E-state index contributed by atoms with van der Waals surface area (Å²) < 4.78 is 0. The second-order valence-electron chi connectivity index (χ2n) is 5.89. The van der Waals surface area contributed by atoms with Crippen molar-refractivity contribution in [1.29, 1.82) is 0 Å². The van der Waals surface area contributed by atoms with E-state index >= 15 is 0 Å². The van der Waals surface area contributed by atoms with E-state index in [0.717, 1.165) is 36.8 Å². The highest BCUT2D eigenvalue weighted by Crippen LogP contribution is 2.36. The van der Waals surface area contributed by atoms with E-state index < -0.39 is 0 Å². The summed E-state index contributed by atoms with van der Waals surface area (Å²) in [6.45, 7) is 0.999. The van der Waals surface area contributed by atoms with Crippen LogP contribution in [0.5, 0.6) is 0 Å². The zero-order valence-electron chi connectivity index (χ0n) is 11.3. The molecule has 2 aromatic rings. The van der Waals surface area contributed by atoms with E-state index in [9.17, 15) is 4.79 Å². The zero-order valence-corrected chi connectivity index (χ0v) is 11.3. The normalized spacial score (nSPS) is 28.7. The predicted molar refractivity (Wildman–Crippen MR) is 76.5 cm³/mol. The number of aromatic amines is 1. The van der Waals surface area contributed by atoms with Crippen molar-refractivity contribution in [1.82, 2.24) is 20.6 Å². The van der Waals surface area contributed by atoms with E-state index in [2.05, 4.69) is 20.6 Å². The Bertz CT molecular complexity index is 653. The lowest BCUT2D eigenvalue weighted by molar-refractivity contribution is 0.0897. The Kier molecular flexibility index (Phi) is 2.57. The third-order valence-corrected chi connectivity index (χ3v) is 4.77. The predicted octanol–water partition coefficient (Wildman–Crippen LogP) is 1.58. The summed E-state index contributed by atoms with van der Waals surface area (Å²) in [5.74, 6) is -0.00963. The number of fused-ring (bicyclic) bond motifs is 2. The lowest BCUT2D eigenvalue weighted by Gasteiger charge is -2.30. The average Bonchev–Trinajstić information content (AvgIpc) is 3.10. The summed E-state index contributed by atoms with van der Waals surface area (Å²) in [5.41, 5.74) is 2.39. The van der Waals surface area contributed by atoms with Gasteiger partial charge in [-0.05, 0) is 44.4 Å². The average molecular weight is 270 g/mol. The van der Waals surface area contributed by atoms with Crippen LogP contribution in [0.1, 0.15) is 36.0 Å². The van der Waals surface area contributed by atoms with Gasteiger partial charge in [-0.1, -0.05) is 0 Å². The summed E-state index contributed by atoms with van der Waals surface area (Å²) in [7, 11) is 0. The first-order chi connectivity index (χ1) is 9.77. The largest absolute Gasteiger partial charge is 0.360 e. The van der Waals surface area contributed by atoms with Gasteiger partial charge < -0.3 is 15.6 Å². The Morgan fingerprint density at radius 3 is 3.35 bits per heavy atom. The van der Waals surface area contributed by atoms with E-state index in [1.807, 2.05) is 18.3 Å². The molecule has 2 aliphatic rings. The van der Waals surface area contributed by atoms with Crippen LogP contribution < -0.4 is 10.6 Å². The molecule has 0 radical (unpaired) electrons. The number of nitrogens with zero attached hydrogens (tertiary/aromatic N) is 1. The fraction of sp³-hybridized carbons (Fsp3) is 0.467. The van der Waals surface area contributed by atoms with Gasteiger partial charge in [-0.25, -0.2) is 0 Å². The molecule has 1 amide bonds. The fourth-order valence-corrected chi connectivity index (χ4v) is 3.71. The van der Waals surface area contributed by atoms with Gasteiger partial charge in [0.05, 0.1) is 22.1 Å². The van der Waals surface area contributed by atoms with Crippen LogP contribution in [-0.4, -0.2) is 34.0 Å². The molecule has 3 N–H and O–H groups in total. The van der Waals surface area contributed by atoms with Crippen molar-refractivity contribution in [2.24, 2.45) is 0 Å². The SMILES string of the molecule is O=C(NC12CCCC1NCC2)c1cnc2cc[nH]c2c1. The second-order valence-corrected chi connectivity index (χ2v) is 5.89. The Balaban J connectivity index is 1.60. The van der Waals surface area contributed by atoms with Crippen molar-refractivity contribution in [2.45, 2.75) is 37.3 Å². The van der Waals surface area contributed by atoms with Crippen LogP contribution in [0, 0.1) is 0 Å². The molecule has 2 atom stereocenters. The number of carbonyl (C=O) groups is 1. The summed E-state index contributed by atoms with van der Waals surface area (Å²) >= 11 is 0. The standard InChI is InChI=1S/C15H18N4O/c20-14(10-8-12-11(18-9-10)3-6-16-12)19-15-4-1-2-13(15)17-7-5-15/h3,6,8-9,13,16-17H,1-2,4-5,7H2,(H,19,20). The molecule has 20 heavy (non-hydrogen) atoms. The number of nitrogens with one attached hydrogen (secondary N) is 3. The van der Waals surface area contributed by atoms with E-state index in [0.29, 0.717) is 11.6 Å². The van der Waals surface area contributed by atoms with Crippen molar-refractivity contribution >= 4 is 16.9 Å². The molecule has 2 fully saturated rings. The number of hydrogen-bond donors (Lipinski definition) is 3. The van der Waals surface area contributed by atoms with Crippen LogP contribution in [0.2, 0.25) is 0 Å². The number of aromatic nitrogens is 2. The lowest BCUT2D eigenvalue weighted by Crippen LogP contribution is -2.52. The summed E-state index contributed by atoms with van der Waals surface area (Å²) in [6.07, 6.45) is 7.95. The number of pyridine rings is 1. The highest BCUT2D eigenvalue weighted by molar-refractivity contribution is 5.97. The van der Waals surface area contributed by atoms with E-state index in [4.69, 9.17) is 0 Å². The van der Waals surface area contributed by atoms with Crippen molar-refractivity contribution in [3.8, 4) is 0 Å². The monoisotopic (exact) mass is 270 g/mol. The molecule has 5 nitrogen and oxygen atoms in total. The molecular weight excluding hydrogens is 252 g/mol. The van der Waals surface area contributed by atoms with Crippen molar-refractivity contribution in [3.63, 3.8) is 0 Å². The zero-order chi connectivity index (χ0) is 13.6. The van der Waals surface area contributed by atoms with Crippen LogP contribution in [-0.2, 0) is 0 Å². The molecule has 2 unspecified atom stereocenters. The van der Waals surface area contributed by atoms with E-state index in [-0.39, 0.29) is 11.4 Å². The lowest BCUT2D eigenvalue weighted by atomic mass is 9.92. The van der Waals surface area contributed by atoms with Crippen molar-refractivity contribution in [3.05, 3.63) is 30.1 Å². The third-order valence-electron chi connectivity index (χ3n) is 4.77.